The molecule has 0 bridgehead atoms. The summed E-state index contributed by atoms with van der Waals surface area (Å²) in [5.74, 6) is 0. The Kier molecular flexibility index (Phi) is 5.51. The number of non-ortho nitro benzene ring substituents is 1. The van der Waals surface area contributed by atoms with Gasteiger partial charge in [-0.25, -0.2) is 4.79 Å². The fourth-order valence-electron chi connectivity index (χ4n) is 1.86. The van der Waals surface area contributed by atoms with Gasteiger partial charge < -0.3 is 15.7 Å². The molecule has 0 aliphatic heterocycles. The molecule has 2 aromatic carbocycles. The summed E-state index contributed by atoms with van der Waals surface area (Å²) in [5.41, 5.74) is 0.784. The fraction of sp³-hybridized carbons (Fsp3) is 0.133. The molecule has 0 fully saturated rings. The summed E-state index contributed by atoms with van der Waals surface area (Å²) in [4.78, 5) is 21.9. The van der Waals surface area contributed by atoms with Crippen LogP contribution in [-0.4, -0.2) is 22.6 Å². The van der Waals surface area contributed by atoms with Crippen LogP contribution in [0, 0.1) is 10.1 Å². The summed E-state index contributed by atoms with van der Waals surface area (Å²) in [5, 5.41) is 26.1. The highest BCUT2D eigenvalue weighted by Gasteiger charge is 2.11. The van der Waals surface area contributed by atoms with Crippen molar-refractivity contribution in [2.45, 2.75) is 6.10 Å². The molecule has 0 aliphatic rings. The van der Waals surface area contributed by atoms with Crippen LogP contribution < -0.4 is 10.6 Å². The first kappa shape index (κ1) is 16.7. The molecule has 3 N–H and O–H groups in total. The first-order chi connectivity index (χ1) is 11.0. The van der Waals surface area contributed by atoms with Crippen molar-refractivity contribution in [2.75, 3.05) is 11.9 Å². The van der Waals surface area contributed by atoms with Crippen LogP contribution in [0.25, 0.3) is 0 Å². The Labute approximate surface area is 137 Å². The number of carbonyl (C=O) groups excluding carboxylic acids is 1. The lowest BCUT2D eigenvalue weighted by atomic mass is 10.1. The van der Waals surface area contributed by atoms with Crippen molar-refractivity contribution < 1.29 is 14.8 Å². The number of aliphatic hydroxyl groups is 1. The summed E-state index contributed by atoms with van der Waals surface area (Å²) in [7, 11) is 0. The van der Waals surface area contributed by atoms with Gasteiger partial charge in [0.2, 0.25) is 0 Å². The molecule has 0 saturated carbocycles. The average molecular weight is 336 g/mol. The molecule has 120 valence electrons. The molecule has 0 radical (unpaired) electrons. The second kappa shape index (κ2) is 7.57. The number of halogens is 1. The number of urea groups is 1. The van der Waals surface area contributed by atoms with E-state index in [-0.39, 0.29) is 17.9 Å². The number of hydrogen-bond acceptors (Lipinski definition) is 4. The van der Waals surface area contributed by atoms with Crippen LogP contribution in [0.3, 0.4) is 0 Å². The lowest BCUT2D eigenvalue weighted by Crippen LogP contribution is -2.32. The quantitative estimate of drug-likeness (QED) is 0.576. The normalized spacial score (nSPS) is 11.6. The Hall–Kier alpha value is -2.64. The molecule has 7 nitrogen and oxygen atoms in total. The van der Waals surface area contributed by atoms with Gasteiger partial charge in [0.1, 0.15) is 0 Å². The van der Waals surface area contributed by atoms with E-state index in [0.717, 1.165) is 0 Å². The number of amides is 2. The van der Waals surface area contributed by atoms with E-state index in [2.05, 4.69) is 10.6 Å². The summed E-state index contributed by atoms with van der Waals surface area (Å²) < 4.78 is 0. The van der Waals surface area contributed by atoms with Gasteiger partial charge in [-0.05, 0) is 23.8 Å². The maximum absolute atomic E-state index is 11.8. The van der Waals surface area contributed by atoms with Gasteiger partial charge in [0.05, 0.1) is 11.0 Å². The first-order valence-electron chi connectivity index (χ1n) is 6.68. The molecule has 1 unspecified atom stereocenters. The van der Waals surface area contributed by atoms with Crippen molar-refractivity contribution in [3.05, 3.63) is 69.2 Å². The molecule has 0 aromatic heterocycles. The van der Waals surface area contributed by atoms with Gasteiger partial charge in [-0.2, -0.15) is 0 Å². The Morgan fingerprint density at radius 2 is 1.96 bits per heavy atom. The predicted octanol–water partition coefficient (Wildman–Crippen LogP) is 3.10. The van der Waals surface area contributed by atoms with E-state index in [1.807, 2.05) is 0 Å². The summed E-state index contributed by atoms with van der Waals surface area (Å²) in [6.07, 6.45) is -0.886. The van der Waals surface area contributed by atoms with Gasteiger partial charge in [0.15, 0.2) is 0 Å². The number of aliphatic hydroxyl groups excluding tert-OH is 1. The zero-order valence-corrected chi connectivity index (χ0v) is 12.7. The van der Waals surface area contributed by atoms with Gasteiger partial charge in [0.25, 0.3) is 5.69 Å². The van der Waals surface area contributed by atoms with Crippen LogP contribution in [0.4, 0.5) is 16.2 Å². The molecule has 23 heavy (non-hydrogen) atoms. The Morgan fingerprint density at radius 1 is 1.26 bits per heavy atom. The summed E-state index contributed by atoms with van der Waals surface area (Å²) >= 11 is 5.76. The number of rotatable bonds is 5. The Bertz CT molecular complexity index is 706. The molecule has 0 spiro atoms. The van der Waals surface area contributed by atoms with Crippen molar-refractivity contribution in [3.8, 4) is 0 Å². The number of anilines is 1. The number of nitrogens with one attached hydrogen (secondary N) is 2. The minimum absolute atomic E-state index is 0.0115. The molecule has 8 heteroatoms. The minimum Gasteiger partial charge on any atom is -0.387 e. The first-order valence-corrected chi connectivity index (χ1v) is 7.06. The van der Waals surface area contributed by atoms with Crippen LogP contribution in [0.15, 0.2) is 48.5 Å². The molecular formula is C15H14ClN3O4. The molecule has 0 saturated heterocycles. The number of carbonyl (C=O) groups is 1. The molecule has 2 aromatic rings. The largest absolute Gasteiger partial charge is 0.387 e. The van der Waals surface area contributed by atoms with Crippen LogP contribution in [-0.2, 0) is 0 Å². The molecule has 0 aliphatic carbocycles. The Balaban J connectivity index is 1.88. The highest BCUT2D eigenvalue weighted by Crippen LogP contribution is 2.17. The molecule has 2 rings (SSSR count). The van der Waals surface area contributed by atoms with Crippen molar-refractivity contribution in [1.82, 2.24) is 5.32 Å². The SMILES string of the molecule is O=C(NCC(O)c1ccc(Cl)cc1)Nc1cccc([N+](=O)[O-])c1. The minimum atomic E-state index is -0.886. The average Bonchev–Trinajstić information content (AvgIpc) is 2.53. The molecule has 2 amide bonds. The van der Waals surface area contributed by atoms with Crippen molar-refractivity contribution in [3.63, 3.8) is 0 Å². The summed E-state index contributed by atoms with van der Waals surface area (Å²) in [6, 6.07) is 11.6. The van der Waals surface area contributed by atoms with E-state index in [9.17, 15) is 20.0 Å². The predicted molar refractivity (Wildman–Crippen MR) is 86.5 cm³/mol. The van der Waals surface area contributed by atoms with Gasteiger partial charge >= 0.3 is 6.03 Å². The lowest BCUT2D eigenvalue weighted by Gasteiger charge is -2.13. The highest BCUT2D eigenvalue weighted by molar-refractivity contribution is 6.30. The van der Waals surface area contributed by atoms with Gasteiger partial charge in [0, 0.05) is 29.4 Å². The fourth-order valence-corrected chi connectivity index (χ4v) is 1.99. The zero-order chi connectivity index (χ0) is 16.8. The number of nitro benzene ring substituents is 1. The van der Waals surface area contributed by atoms with Crippen LogP contribution in [0.2, 0.25) is 5.02 Å². The smallest absolute Gasteiger partial charge is 0.319 e. The van der Waals surface area contributed by atoms with E-state index < -0.39 is 17.1 Å². The van der Waals surface area contributed by atoms with E-state index >= 15 is 0 Å². The number of nitrogens with zero attached hydrogens (tertiary/aromatic N) is 1. The monoisotopic (exact) mass is 335 g/mol. The third-order valence-corrected chi connectivity index (χ3v) is 3.28. The van der Waals surface area contributed by atoms with E-state index in [1.165, 1.54) is 24.3 Å². The molecular weight excluding hydrogens is 322 g/mol. The maximum atomic E-state index is 11.8. The van der Waals surface area contributed by atoms with E-state index in [4.69, 9.17) is 11.6 Å². The zero-order valence-electron chi connectivity index (χ0n) is 11.9. The number of nitro groups is 1. The summed E-state index contributed by atoms with van der Waals surface area (Å²) in [6.45, 7) is -0.0115. The van der Waals surface area contributed by atoms with Gasteiger partial charge in [-0.15, -0.1) is 0 Å². The van der Waals surface area contributed by atoms with Gasteiger partial charge in [-0.3, -0.25) is 10.1 Å². The topological polar surface area (TPSA) is 104 Å². The maximum Gasteiger partial charge on any atom is 0.319 e. The molecule has 0 heterocycles. The van der Waals surface area contributed by atoms with Crippen LogP contribution in [0.5, 0.6) is 0 Å². The number of hydrogen-bond donors (Lipinski definition) is 3. The second-order valence-electron chi connectivity index (χ2n) is 4.71. The molecule has 1 atom stereocenters. The van der Waals surface area contributed by atoms with Crippen LogP contribution >= 0.6 is 11.6 Å². The van der Waals surface area contributed by atoms with Gasteiger partial charge in [-0.1, -0.05) is 29.8 Å². The third-order valence-electron chi connectivity index (χ3n) is 3.03. The van der Waals surface area contributed by atoms with Crippen molar-refractivity contribution in [1.29, 1.82) is 0 Å². The number of benzene rings is 2. The van der Waals surface area contributed by atoms with E-state index in [1.54, 1.807) is 24.3 Å². The third kappa shape index (κ3) is 4.94. The van der Waals surface area contributed by atoms with Crippen LogP contribution in [0.1, 0.15) is 11.7 Å². The Morgan fingerprint density at radius 3 is 2.61 bits per heavy atom. The van der Waals surface area contributed by atoms with E-state index in [0.29, 0.717) is 10.6 Å². The van der Waals surface area contributed by atoms with Crippen molar-refractivity contribution in [2.24, 2.45) is 0 Å². The second-order valence-corrected chi connectivity index (χ2v) is 5.15. The highest BCUT2D eigenvalue weighted by atomic mass is 35.5. The standard InChI is InChI=1S/C15H14ClN3O4/c16-11-6-4-10(5-7-11)14(20)9-17-15(21)18-12-2-1-3-13(8-12)19(22)23/h1-8,14,20H,9H2,(H2,17,18,21). The lowest BCUT2D eigenvalue weighted by molar-refractivity contribution is -0.384. The van der Waals surface area contributed by atoms with Crippen molar-refractivity contribution >= 4 is 29.0 Å².